The van der Waals surface area contributed by atoms with E-state index in [0.717, 1.165) is 24.3 Å². The van der Waals surface area contributed by atoms with Gasteiger partial charge in [-0.15, -0.1) is 0 Å². The van der Waals surface area contributed by atoms with Crippen LogP contribution in [0, 0.1) is 0 Å². The minimum Gasteiger partial charge on any atom is -0.477 e. The second-order valence-corrected chi connectivity index (χ2v) is 4.68. The number of carboxylic acids is 1. The summed E-state index contributed by atoms with van der Waals surface area (Å²) in [6.45, 7) is 2.10. The van der Waals surface area contributed by atoms with E-state index in [1.54, 1.807) is 6.07 Å². The number of anilines is 1. The van der Waals surface area contributed by atoms with E-state index in [2.05, 4.69) is 21.2 Å². The standard InChI is InChI=1S/C14H15N3O2/c18-14(19)12-9-11(15-16-12)10-5-1-2-6-13(10)17-7-3-4-8-17/h1-2,5-6,9H,3-4,7-8H2,(H,15,16)(H,18,19). The minimum atomic E-state index is -0.989. The Morgan fingerprint density at radius 3 is 2.68 bits per heavy atom. The molecule has 0 unspecified atom stereocenters. The molecule has 0 saturated carbocycles. The van der Waals surface area contributed by atoms with Gasteiger partial charge >= 0.3 is 5.97 Å². The summed E-state index contributed by atoms with van der Waals surface area (Å²) < 4.78 is 0. The lowest BCUT2D eigenvalue weighted by Crippen LogP contribution is -2.18. The van der Waals surface area contributed by atoms with Crippen LogP contribution in [0.2, 0.25) is 0 Å². The van der Waals surface area contributed by atoms with Crippen molar-refractivity contribution < 1.29 is 9.90 Å². The molecule has 0 bridgehead atoms. The first-order chi connectivity index (χ1) is 9.25. The lowest BCUT2D eigenvalue weighted by molar-refractivity contribution is 0.0690. The molecule has 1 fully saturated rings. The number of rotatable bonds is 3. The highest BCUT2D eigenvalue weighted by Crippen LogP contribution is 2.31. The number of nitrogens with one attached hydrogen (secondary N) is 1. The Morgan fingerprint density at radius 1 is 1.26 bits per heavy atom. The van der Waals surface area contributed by atoms with Gasteiger partial charge in [-0.25, -0.2) is 4.79 Å². The van der Waals surface area contributed by atoms with Gasteiger partial charge in [0.2, 0.25) is 0 Å². The van der Waals surface area contributed by atoms with E-state index in [1.807, 2.05) is 18.2 Å². The van der Waals surface area contributed by atoms with E-state index in [4.69, 9.17) is 5.11 Å². The first-order valence-electron chi connectivity index (χ1n) is 6.39. The second-order valence-electron chi connectivity index (χ2n) is 4.68. The van der Waals surface area contributed by atoms with E-state index in [-0.39, 0.29) is 5.69 Å². The SMILES string of the molecule is O=C(O)c1cc(-c2ccccc2N2CCCC2)n[nH]1. The van der Waals surface area contributed by atoms with Gasteiger partial charge in [0.05, 0.1) is 5.69 Å². The number of carboxylic acid groups (broad SMARTS) is 1. The van der Waals surface area contributed by atoms with E-state index < -0.39 is 5.97 Å². The Morgan fingerprint density at radius 2 is 2.00 bits per heavy atom. The molecule has 0 spiro atoms. The zero-order valence-electron chi connectivity index (χ0n) is 10.5. The number of para-hydroxylation sites is 1. The van der Waals surface area contributed by atoms with Crippen LogP contribution in [0.3, 0.4) is 0 Å². The number of carbonyl (C=O) groups is 1. The molecule has 2 aromatic rings. The first-order valence-corrected chi connectivity index (χ1v) is 6.39. The fourth-order valence-corrected chi connectivity index (χ4v) is 2.49. The zero-order valence-corrected chi connectivity index (χ0v) is 10.5. The maximum Gasteiger partial charge on any atom is 0.353 e. The molecule has 3 rings (SSSR count). The Balaban J connectivity index is 2.01. The first kappa shape index (κ1) is 11.8. The van der Waals surface area contributed by atoms with E-state index >= 15 is 0 Å². The van der Waals surface area contributed by atoms with Gasteiger partial charge in [0.15, 0.2) is 0 Å². The molecule has 1 aromatic heterocycles. The molecule has 2 heterocycles. The van der Waals surface area contributed by atoms with Crippen molar-refractivity contribution in [2.24, 2.45) is 0 Å². The molecular formula is C14H15N3O2. The Hall–Kier alpha value is -2.30. The van der Waals surface area contributed by atoms with Crippen LogP contribution in [0.15, 0.2) is 30.3 Å². The summed E-state index contributed by atoms with van der Waals surface area (Å²) in [5.41, 5.74) is 2.91. The summed E-state index contributed by atoms with van der Waals surface area (Å²) in [7, 11) is 0. The van der Waals surface area contributed by atoms with Crippen molar-refractivity contribution in [2.75, 3.05) is 18.0 Å². The van der Waals surface area contributed by atoms with E-state index in [0.29, 0.717) is 5.69 Å². The van der Waals surface area contributed by atoms with Crippen molar-refractivity contribution in [3.8, 4) is 11.3 Å². The van der Waals surface area contributed by atoms with Gasteiger partial charge in [0, 0.05) is 24.3 Å². The largest absolute Gasteiger partial charge is 0.477 e. The van der Waals surface area contributed by atoms with Crippen molar-refractivity contribution in [3.05, 3.63) is 36.0 Å². The third-order valence-electron chi connectivity index (χ3n) is 3.44. The van der Waals surface area contributed by atoms with Crippen LogP contribution in [-0.4, -0.2) is 34.4 Å². The molecule has 0 aliphatic carbocycles. The predicted molar refractivity (Wildman–Crippen MR) is 72.4 cm³/mol. The molecule has 1 saturated heterocycles. The molecule has 0 radical (unpaired) electrons. The highest BCUT2D eigenvalue weighted by atomic mass is 16.4. The summed E-state index contributed by atoms with van der Waals surface area (Å²) >= 11 is 0. The Kier molecular flexibility index (Phi) is 2.95. The van der Waals surface area contributed by atoms with Gasteiger partial charge in [-0.2, -0.15) is 5.10 Å². The van der Waals surface area contributed by atoms with E-state index in [1.165, 1.54) is 12.8 Å². The molecular weight excluding hydrogens is 242 g/mol. The summed E-state index contributed by atoms with van der Waals surface area (Å²) in [6.07, 6.45) is 2.41. The monoisotopic (exact) mass is 257 g/mol. The molecule has 0 atom stereocenters. The summed E-state index contributed by atoms with van der Waals surface area (Å²) in [4.78, 5) is 13.2. The lowest BCUT2D eigenvalue weighted by Gasteiger charge is -2.20. The van der Waals surface area contributed by atoms with Gasteiger partial charge in [-0.1, -0.05) is 18.2 Å². The van der Waals surface area contributed by atoms with E-state index in [9.17, 15) is 4.79 Å². The Bertz CT molecular complexity index is 600. The number of nitrogens with zero attached hydrogens (tertiary/aromatic N) is 2. The van der Waals surface area contributed by atoms with Crippen molar-refractivity contribution in [1.29, 1.82) is 0 Å². The maximum absolute atomic E-state index is 10.9. The Labute approximate surface area is 110 Å². The third-order valence-corrected chi connectivity index (χ3v) is 3.44. The molecule has 1 aliphatic heterocycles. The van der Waals surface area contributed by atoms with Crippen LogP contribution in [0.1, 0.15) is 23.3 Å². The normalized spacial score (nSPS) is 14.8. The van der Waals surface area contributed by atoms with Crippen LogP contribution < -0.4 is 4.90 Å². The fourth-order valence-electron chi connectivity index (χ4n) is 2.49. The quantitative estimate of drug-likeness (QED) is 0.885. The molecule has 1 aliphatic rings. The van der Waals surface area contributed by atoms with Gasteiger partial charge in [0.25, 0.3) is 0 Å². The molecule has 98 valence electrons. The van der Waals surface area contributed by atoms with Crippen LogP contribution in [0.4, 0.5) is 5.69 Å². The summed E-state index contributed by atoms with van der Waals surface area (Å²) in [6, 6.07) is 9.58. The molecule has 0 amide bonds. The number of hydrogen-bond donors (Lipinski definition) is 2. The number of aromatic nitrogens is 2. The minimum absolute atomic E-state index is 0.117. The van der Waals surface area contributed by atoms with Crippen molar-refractivity contribution >= 4 is 11.7 Å². The molecule has 5 heteroatoms. The summed E-state index contributed by atoms with van der Waals surface area (Å²) in [5.74, 6) is -0.989. The van der Waals surface area contributed by atoms with Crippen molar-refractivity contribution in [1.82, 2.24) is 10.2 Å². The fraction of sp³-hybridized carbons (Fsp3) is 0.286. The van der Waals surface area contributed by atoms with Crippen LogP contribution >= 0.6 is 0 Å². The number of aromatic carboxylic acids is 1. The topological polar surface area (TPSA) is 69.2 Å². The second kappa shape index (κ2) is 4.76. The average molecular weight is 257 g/mol. The van der Waals surface area contributed by atoms with Crippen molar-refractivity contribution in [3.63, 3.8) is 0 Å². The molecule has 2 N–H and O–H groups in total. The highest BCUT2D eigenvalue weighted by Gasteiger charge is 2.18. The van der Waals surface area contributed by atoms with Gasteiger partial charge < -0.3 is 10.0 Å². The number of benzene rings is 1. The number of aromatic amines is 1. The number of hydrogen-bond acceptors (Lipinski definition) is 3. The maximum atomic E-state index is 10.9. The smallest absolute Gasteiger partial charge is 0.353 e. The third kappa shape index (κ3) is 2.19. The average Bonchev–Trinajstić information content (AvgIpc) is 3.10. The van der Waals surface area contributed by atoms with Crippen LogP contribution in [0.25, 0.3) is 11.3 Å². The zero-order chi connectivity index (χ0) is 13.2. The lowest BCUT2D eigenvalue weighted by atomic mass is 10.1. The number of H-pyrrole nitrogens is 1. The predicted octanol–water partition coefficient (Wildman–Crippen LogP) is 2.38. The van der Waals surface area contributed by atoms with Gasteiger partial charge in [-0.05, 0) is 25.0 Å². The molecule has 1 aromatic carbocycles. The van der Waals surface area contributed by atoms with Crippen LogP contribution in [0.5, 0.6) is 0 Å². The highest BCUT2D eigenvalue weighted by molar-refractivity contribution is 5.88. The van der Waals surface area contributed by atoms with Gasteiger partial charge in [0.1, 0.15) is 5.69 Å². The van der Waals surface area contributed by atoms with Crippen LogP contribution in [-0.2, 0) is 0 Å². The molecule has 19 heavy (non-hydrogen) atoms. The summed E-state index contributed by atoms with van der Waals surface area (Å²) in [5, 5.41) is 15.6. The molecule has 5 nitrogen and oxygen atoms in total. The van der Waals surface area contributed by atoms with Crippen molar-refractivity contribution in [2.45, 2.75) is 12.8 Å². The van der Waals surface area contributed by atoms with Gasteiger partial charge in [-0.3, -0.25) is 5.10 Å².